The molecule has 82 valence electrons. The molecule has 0 fully saturated rings. The highest BCUT2D eigenvalue weighted by Crippen LogP contribution is 2.04. The van der Waals surface area contributed by atoms with Gasteiger partial charge in [0, 0.05) is 18.8 Å². The van der Waals surface area contributed by atoms with Gasteiger partial charge in [-0.05, 0) is 13.3 Å². The van der Waals surface area contributed by atoms with Crippen molar-refractivity contribution in [1.82, 2.24) is 4.57 Å². The van der Waals surface area contributed by atoms with Crippen molar-refractivity contribution in [2.45, 2.75) is 26.0 Å². The summed E-state index contributed by atoms with van der Waals surface area (Å²) in [4.78, 5) is 20.8. The zero-order valence-electron chi connectivity index (χ0n) is 8.29. The molecule has 1 aromatic heterocycles. The minimum absolute atomic E-state index is 0.442. The van der Waals surface area contributed by atoms with Crippen molar-refractivity contribution < 1.29 is 10.0 Å². The Hall–Kier alpha value is -1.69. The molecule has 0 saturated carbocycles. The van der Waals surface area contributed by atoms with E-state index in [1.54, 1.807) is 6.92 Å². The van der Waals surface area contributed by atoms with Crippen LogP contribution in [0.3, 0.4) is 0 Å². The van der Waals surface area contributed by atoms with Gasteiger partial charge in [-0.2, -0.15) is 0 Å². The second kappa shape index (κ2) is 4.70. The van der Waals surface area contributed by atoms with Crippen LogP contribution in [0.25, 0.3) is 0 Å². The number of aliphatic hydroxyl groups excluding tert-OH is 1. The highest BCUT2D eigenvalue weighted by atomic mass is 16.6. The van der Waals surface area contributed by atoms with E-state index in [0.29, 0.717) is 13.0 Å². The van der Waals surface area contributed by atoms with Gasteiger partial charge in [0.05, 0.1) is 17.2 Å². The van der Waals surface area contributed by atoms with E-state index in [1.807, 2.05) is 0 Å². The third-order valence-corrected chi connectivity index (χ3v) is 1.96. The van der Waals surface area contributed by atoms with Crippen LogP contribution < -0.4 is 5.43 Å². The molecule has 1 atom stereocenters. The second-order valence-corrected chi connectivity index (χ2v) is 3.33. The molecule has 0 aromatic carbocycles. The van der Waals surface area contributed by atoms with Gasteiger partial charge in [0.25, 0.3) is 5.43 Å². The molecule has 0 aliphatic rings. The average molecular weight is 212 g/mol. The monoisotopic (exact) mass is 212 g/mol. The Bertz CT molecular complexity index is 411. The van der Waals surface area contributed by atoms with E-state index >= 15 is 0 Å². The molecule has 0 saturated heterocycles. The fourth-order valence-electron chi connectivity index (χ4n) is 1.12. The van der Waals surface area contributed by atoms with E-state index in [0.717, 1.165) is 6.07 Å². The molecule has 0 aliphatic heterocycles. The van der Waals surface area contributed by atoms with Crippen LogP contribution in [0.15, 0.2) is 23.3 Å². The van der Waals surface area contributed by atoms with Gasteiger partial charge in [-0.3, -0.25) is 14.9 Å². The maximum atomic E-state index is 11.0. The molecule has 6 nitrogen and oxygen atoms in total. The standard InChI is InChI=1S/C9H12N2O4/c1-7(12)2-4-10-5-3-9(13)8(6-10)11(14)15/h3,5-7,12H,2,4H2,1H3. The summed E-state index contributed by atoms with van der Waals surface area (Å²) in [6.07, 6.45) is 2.67. The van der Waals surface area contributed by atoms with Gasteiger partial charge >= 0.3 is 5.69 Å². The van der Waals surface area contributed by atoms with Crippen molar-refractivity contribution in [2.75, 3.05) is 0 Å². The van der Waals surface area contributed by atoms with Gasteiger partial charge in [-0.15, -0.1) is 0 Å². The minimum Gasteiger partial charge on any atom is -0.393 e. The van der Waals surface area contributed by atoms with Crippen LogP contribution in [-0.2, 0) is 6.54 Å². The molecule has 1 unspecified atom stereocenters. The first-order valence-corrected chi connectivity index (χ1v) is 4.53. The topological polar surface area (TPSA) is 85.4 Å². The predicted octanol–water partition coefficient (Wildman–Crippen LogP) is 0.527. The molecule has 1 aromatic rings. The quantitative estimate of drug-likeness (QED) is 0.582. The van der Waals surface area contributed by atoms with E-state index in [2.05, 4.69) is 0 Å². The van der Waals surface area contributed by atoms with Gasteiger partial charge in [0.15, 0.2) is 0 Å². The average Bonchev–Trinajstić information content (AvgIpc) is 2.16. The Balaban J connectivity index is 2.88. The molecular formula is C9H12N2O4. The number of nitrogens with zero attached hydrogens (tertiary/aromatic N) is 2. The number of aromatic nitrogens is 1. The molecule has 1 rings (SSSR count). The van der Waals surface area contributed by atoms with Crippen LogP contribution >= 0.6 is 0 Å². The Labute approximate surface area is 85.9 Å². The molecule has 0 bridgehead atoms. The zero-order valence-corrected chi connectivity index (χ0v) is 8.29. The van der Waals surface area contributed by atoms with Gasteiger partial charge in [0.1, 0.15) is 0 Å². The van der Waals surface area contributed by atoms with E-state index in [-0.39, 0.29) is 0 Å². The number of pyridine rings is 1. The highest BCUT2D eigenvalue weighted by molar-refractivity contribution is 5.25. The third-order valence-electron chi connectivity index (χ3n) is 1.96. The van der Waals surface area contributed by atoms with Gasteiger partial charge in [-0.25, -0.2) is 0 Å². The number of aryl methyl sites for hydroxylation is 1. The van der Waals surface area contributed by atoms with Crippen LogP contribution in [0.1, 0.15) is 13.3 Å². The fourth-order valence-corrected chi connectivity index (χ4v) is 1.12. The van der Waals surface area contributed by atoms with Crippen LogP contribution in [0, 0.1) is 10.1 Å². The SMILES string of the molecule is CC(O)CCn1ccc(=O)c([N+](=O)[O-])c1. The summed E-state index contributed by atoms with van der Waals surface area (Å²) in [5.74, 6) is 0. The molecule has 0 spiro atoms. The molecule has 1 heterocycles. The summed E-state index contributed by atoms with van der Waals surface area (Å²) in [5, 5.41) is 19.5. The smallest absolute Gasteiger partial charge is 0.332 e. The number of hydrogen-bond donors (Lipinski definition) is 1. The Kier molecular flexibility index (Phi) is 3.56. The van der Waals surface area contributed by atoms with Gasteiger partial charge < -0.3 is 9.67 Å². The summed E-state index contributed by atoms with van der Waals surface area (Å²) >= 11 is 0. The van der Waals surface area contributed by atoms with Gasteiger partial charge in [-0.1, -0.05) is 0 Å². The van der Waals surface area contributed by atoms with Gasteiger partial charge in [0.2, 0.25) is 0 Å². The van der Waals surface area contributed by atoms with Crippen molar-refractivity contribution in [3.63, 3.8) is 0 Å². The Morgan fingerprint density at radius 1 is 1.67 bits per heavy atom. The van der Waals surface area contributed by atoms with E-state index in [1.165, 1.54) is 17.0 Å². The Morgan fingerprint density at radius 3 is 2.87 bits per heavy atom. The summed E-state index contributed by atoms with van der Waals surface area (Å²) in [6, 6.07) is 1.15. The summed E-state index contributed by atoms with van der Waals surface area (Å²) in [5.41, 5.74) is -1.05. The van der Waals surface area contributed by atoms with Crippen molar-refractivity contribution in [3.8, 4) is 0 Å². The second-order valence-electron chi connectivity index (χ2n) is 3.33. The van der Waals surface area contributed by atoms with Crippen molar-refractivity contribution >= 4 is 5.69 Å². The molecule has 0 amide bonds. The zero-order chi connectivity index (χ0) is 11.4. The maximum absolute atomic E-state index is 11.0. The number of rotatable bonds is 4. The van der Waals surface area contributed by atoms with Crippen LogP contribution in [0.4, 0.5) is 5.69 Å². The summed E-state index contributed by atoms with van der Waals surface area (Å²) < 4.78 is 1.52. The summed E-state index contributed by atoms with van der Waals surface area (Å²) in [6.45, 7) is 2.08. The van der Waals surface area contributed by atoms with Crippen molar-refractivity contribution in [3.05, 3.63) is 38.8 Å². The van der Waals surface area contributed by atoms with Crippen LogP contribution in [0.5, 0.6) is 0 Å². The number of nitro groups is 1. The van der Waals surface area contributed by atoms with Crippen molar-refractivity contribution in [1.29, 1.82) is 0 Å². The largest absolute Gasteiger partial charge is 0.393 e. The maximum Gasteiger partial charge on any atom is 0.332 e. The molecule has 15 heavy (non-hydrogen) atoms. The molecule has 0 radical (unpaired) electrons. The lowest BCUT2D eigenvalue weighted by molar-refractivity contribution is -0.386. The molecule has 6 heteroatoms. The lowest BCUT2D eigenvalue weighted by Crippen LogP contribution is -2.13. The van der Waals surface area contributed by atoms with E-state index in [4.69, 9.17) is 5.11 Å². The normalized spacial score (nSPS) is 12.4. The lowest BCUT2D eigenvalue weighted by Gasteiger charge is -2.07. The summed E-state index contributed by atoms with van der Waals surface area (Å²) in [7, 11) is 0. The Morgan fingerprint density at radius 2 is 2.33 bits per heavy atom. The predicted molar refractivity (Wildman–Crippen MR) is 53.7 cm³/mol. The van der Waals surface area contributed by atoms with E-state index in [9.17, 15) is 14.9 Å². The first-order valence-electron chi connectivity index (χ1n) is 4.53. The van der Waals surface area contributed by atoms with Crippen LogP contribution in [0.2, 0.25) is 0 Å². The fraction of sp³-hybridized carbons (Fsp3) is 0.444. The third kappa shape index (κ3) is 3.17. The minimum atomic E-state index is -0.707. The van der Waals surface area contributed by atoms with E-state index < -0.39 is 22.1 Å². The number of hydrogen-bond acceptors (Lipinski definition) is 4. The molecule has 1 N–H and O–H groups in total. The van der Waals surface area contributed by atoms with Crippen LogP contribution in [-0.4, -0.2) is 20.7 Å². The molecule has 0 aliphatic carbocycles. The highest BCUT2D eigenvalue weighted by Gasteiger charge is 2.11. The molecular weight excluding hydrogens is 200 g/mol. The van der Waals surface area contributed by atoms with Crippen molar-refractivity contribution in [2.24, 2.45) is 0 Å². The lowest BCUT2D eigenvalue weighted by atomic mass is 10.3. The number of aliphatic hydroxyl groups is 1. The first kappa shape index (κ1) is 11.4. The first-order chi connectivity index (χ1) is 7.00.